The van der Waals surface area contributed by atoms with E-state index in [0.29, 0.717) is 24.9 Å². The Balaban J connectivity index is 1.42. The van der Waals surface area contributed by atoms with E-state index in [1.165, 1.54) is 42.4 Å². The van der Waals surface area contributed by atoms with Crippen LogP contribution in [0.3, 0.4) is 0 Å². The van der Waals surface area contributed by atoms with Gasteiger partial charge in [0.1, 0.15) is 11.5 Å². The first-order valence-electron chi connectivity index (χ1n) is 10.6. The summed E-state index contributed by atoms with van der Waals surface area (Å²) in [5.41, 5.74) is 0.967. The number of nitrogens with one attached hydrogen (secondary N) is 1. The SMILES string of the molecule is COc1ccc(CNC(=O)CC[C@@H]2CCCN(C3CSCCSC3)C2)c(OC)c1. The lowest BCUT2D eigenvalue weighted by Gasteiger charge is -2.37. The molecule has 0 bridgehead atoms. The summed E-state index contributed by atoms with van der Waals surface area (Å²) in [4.78, 5) is 15.1. The van der Waals surface area contributed by atoms with Crippen LogP contribution in [0.1, 0.15) is 31.2 Å². The van der Waals surface area contributed by atoms with Gasteiger partial charge in [-0.1, -0.05) is 0 Å². The summed E-state index contributed by atoms with van der Waals surface area (Å²) in [6, 6.07) is 6.40. The molecule has 1 aromatic rings. The van der Waals surface area contributed by atoms with Gasteiger partial charge in [-0.25, -0.2) is 0 Å². The molecule has 162 valence electrons. The second-order valence-corrected chi connectivity index (χ2v) is 10.1. The summed E-state index contributed by atoms with van der Waals surface area (Å²) in [5.74, 6) is 7.38. The lowest BCUT2D eigenvalue weighted by atomic mass is 9.92. The van der Waals surface area contributed by atoms with Gasteiger partial charge in [-0.2, -0.15) is 23.5 Å². The molecule has 0 aromatic heterocycles. The maximum absolute atomic E-state index is 12.4. The summed E-state index contributed by atoms with van der Waals surface area (Å²) in [7, 11) is 3.27. The number of methoxy groups -OCH3 is 2. The van der Waals surface area contributed by atoms with Gasteiger partial charge in [-0.15, -0.1) is 0 Å². The van der Waals surface area contributed by atoms with Gasteiger partial charge < -0.3 is 14.8 Å². The molecule has 3 rings (SSSR count). The van der Waals surface area contributed by atoms with E-state index >= 15 is 0 Å². The van der Waals surface area contributed by atoms with Crippen molar-refractivity contribution in [1.29, 1.82) is 0 Å². The van der Waals surface area contributed by atoms with Gasteiger partial charge >= 0.3 is 0 Å². The molecule has 1 N–H and O–H groups in total. The minimum Gasteiger partial charge on any atom is -0.497 e. The minimum atomic E-state index is 0.126. The first kappa shape index (κ1) is 22.6. The van der Waals surface area contributed by atoms with Crippen LogP contribution in [0.2, 0.25) is 0 Å². The molecule has 1 atom stereocenters. The van der Waals surface area contributed by atoms with E-state index in [0.717, 1.165) is 30.0 Å². The third kappa shape index (κ3) is 7.00. The van der Waals surface area contributed by atoms with E-state index < -0.39 is 0 Å². The Morgan fingerprint density at radius 2 is 2.00 bits per heavy atom. The third-order valence-corrected chi connectivity index (χ3v) is 8.29. The van der Waals surface area contributed by atoms with Crippen molar-refractivity contribution in [3.8, 4) is 11.5 Å². The number of nitrogens with zero attached hydrogens (tertiary/aromatic N) is 1. The number of hydrogen-bond acceptors (Lipinski definition) is 6. The molecule has 2 aliphatic rings. The highest BCUT2D eigenvalue weighted by Crippen LogP contribution is 2.27. The first-order chi connectivity index (χ1) is 14.2. The molecule has 2 aliphatic heterocycles. The normalized spacial score (nSPS) is 21.4. The molecule has 7 heteroatoms. The van der Waals surface area contributed by atoms with Crippen molar-refractivity contribution in [2.75, 3.05) is 50.3 Å². The number of amides is 1. The molecule has 0 spiro atoms. The number of carbonyl (C=O) groups excluding carboxylic acids is 1. The molecular formula is C22H34N2O3S2. The molecule has 5 nitrogen and oxygen atoms in total. The zero-order valence-electron chi connectivity index (χ0n) is 17.7. The Morgan fingerprint density at radius 1 is 1.21 bits per heavy atom. The summed E-state index contributed by atoms with van der Waals surface area (Å²) in [5, 5.41) is 3.05. The van der Waals surface area contributed by atoms with Crippen molar-refractivity contribution >= 4 is 29.4 Å². The number of likely N-dealkylation sites (tertiary alicyclic amines) is 1. The fourth-order valence-electron chi connectivity index (χ4n) is 4.10. The topological polar surface area (TPSA) is 50.8 Å². The minimum absolute atomic E-state index is 0.126. The van der Waals surface area contributed by atoms with Crippen molar-refractivity contribution in [1.82, 2.24) is 10.2 Å². The van der Waals surface area contributed by atoms with Gasteiger partial charge in [0.15, 0.2) is 0 Å². The predicted octanol–water partition coefficient (Wildman–Crippen LogP) is 3.66. The lowest BCUT2D eigenvalue weighted by Crippen LogP contribution is -2.45. The number of piperidine rings is 1. The molecule has 1 amide bonds. The largest absolute Gasteiger partial charge is 0.497 e. The van der Waals surface area contributed by atoms with Crippen LogP contribution >= 0.6 is 23.5 Å². The molecule has 0 saturated carbocycles. The predicted molar refractivity (Wildman–Crippen MR) is 123 cm³/mol. The second-order valence-electron chi connectivity index (χ2n) is 7.80. The Kier molecular flexibility index (Phi) is 9.34. The molecule has 2 heterocycles. The van der Waals surface area contributed by atoms with Crippen LogP contribution in [0.5, 0.6) is 11.5 Å². The second kappa shape index (κ2) is 12.0. The number of hydrogen-bond donors (Lipinski definition) is 1. The lowest BCUT2D eigenvalue weighted by molar-refractivity contribution is -0.121. The molecule has 2 fully saturated rings. The van der Waals surface area contributed by atoms with Gasteiger partial charge in [-0.05, 0) is 43.9 Å². The van der Waals surface area contributed by atoms with Gasteiger partial charge in [0, 0.05) is 60.2 Å². The van der Waals surface area contributed by atoms with Crippen LogP contribution in [-0.2, 0) is 11.3 Å². The van der Waals surface area contributed by atoms with Gasteiger partial charge in [0.2, 0.25) is 5.91 Å². The van der Waals surface area contributed by atoms with E-state index in [-0.39, 0.29) is 5.91 Å². The monoisotopic (exact) mass is 438 g/mol. The van der Waals surface area contributed by atoms with Gasteiger partial charge in [0.25, 0.3) is 0 Å². The number of rotatable bonds is 8. The highest BCUT2D eigenvalue weighted by atomic mass is 32.2. The summed E-state index contributed by atoms with van der Waals surface area (Å²) in [6.45, 7) is 2.87. The Hall–Kier alpha value is -1.05. The fourth-order valence-corrected chi connectivity index (χ4v) is 6.72. The van der Waals surface area contributed by atoms with Crippen LogP contribution in [0.4, 0.5) is 0 Å². The zero-order valence-corrected chi connectivity index (χ0v) is 19.3. The average molecular weight is 439 g/mol. The zero-order chi connectivity index (χ0) is 20.5. The molecule has 0 radical (unpaired) electrons. The quantitative estimate of drug-likeness (QED) is 0.668. The van der Waals surface area contributed by atoms with E-state index in [1.807, 2.05) is 18.2 Å². The van der Waals surface area contributed by atoms with E-state index in [2.05, 4.69) is 33.7 Å². The number of carbonyl (C=O) groups is 1. The van der Waals surface area contributed by atoms with Gasteiger partial charge in [-0.3, -0.25) is 9.69 Å². The van der Waals surface area contributed by atoms with Crippen LogP contribution in [0.25, 0.3) is 0 Å². The molecule has 0 unspecified atom stereocenters. The number of benzene rings is 1. The summed E-state index contributed by atoms with van der Waals surface area (Å²) in [6.07, 6.45) is 4.10. The van der Waals surface area contributed by atoms with E-state index in [4.69, 9.17) is 9.47 Å². The smallest absolute Gasteiger partial charge is 0.220 e. The van der Waals surface area contributed by atoms with E-state index in [9.17, 15) is 4.79 Å². The average Bonchev–Trinajstić information content (AvgIpc) is 3.06. The van der Waals surface area contributed by atoms with E-state index in [1.54, 1.807) is 14.2 Å². The Morgan fingerprint density at radius 3 is 2.72 bits per heavy atom. The fraction of sp³-hybridized carbons (Fsp3) is 0.682. The molecule has 1 aromatic carbocycles. The number of thioether (sulfide) groups is 2. The van der Waals surface area contributed by atoms with Crippen molar-refractivity contribution in [2.24, 2.45) is 5.92 Å². The molecule has 0 aliphatic carbocycles. The molecular weight excluding hydrogens is 404 g/mol. The molecule has 2 saturated heterocycles. The van der Waals surface area contributed by atoms with Crippen molar-refractivity contribution in [2.45, 2.75) is 38.3 Å². The van der Waals surface area contributed by atoms with Crippen molar-refractivity contribution in [3.63, 3.8) is 0 Å². The Bertz CT molecular complexity index is 651. The van der Waals surface area contributed by atoms with Crippen LogP contribution < -0.4 is 14.8 Å². The maximum atomic E-state index is 12.4. The van der Waals surface area contributed by atoms with Gasteiger partial charge in [0.05, 0.1) is 14.2 Å². The highest BCUT2D eigenvalue weighted by molar-refractivity contribution is 8.03. The highest BCUT2D eigenvalue weighted by Gasteiger charge is 2.27. The third-order valence-electron chi connectivity index (χ3n) is 5.81. The van der Waals surface area contributed by atoms with Crippen LogP contribution in [0, 0.1) is 5.92 Å². The van der Waals surface area contributed by atoms with Crippen LogP contribution in [-0.4, -0.2) is 67.2 Å². The van der Waals surface area contributed by atoms with Crippen molar-refractivity contribution in [3.05, 3.63) is 23.8 Å². The number of ether oxygens (including phenoxy) is 2. The van der Waals surface area contributed by atoms with Crippen LogP contribution in [0.15, 0.2) is 18.2 Å². The summed E-state index contributed by atoms with van der Waals surface area (Å²) >= 11 is 4.20. The maximum Gasteiger partial charge on any atom is 0.220 e. The first-order valence-corrected chi connectivity index (χ1v) is 12.9. The molecule has 29 heavy (non-hydrogen) atoms. The van der Waals surface area contributed by atoms with Crippen molar-refractivity contribution < 1.29 is 14.3 Å². The Labute approximate surface area is 183 Å². The standard InChI is InChI=1S/C22H34N2O3S2/c1-26-20-7-6-18(21(12-20)27-2)13-23-22(25)8-5-17-4-3-9-24(14-17)19-15-28-10-11-29-16-19/h6-7,12,17,19H,3-5,8-11,13-16H2,1-2H3,(H,23,25)/t17-/m0/s1. The summed E-state index contributed by atoms with van der Waals surface area (Å²) < 4.78 is 10.6.